The predicted molar refractivity (Wildman–Crippen MR) is 83.0 cm³/mol. The zero-order valence-electron chi connectivity index (χ0n) is 13.3. The summed E-state index contributed by atoms with van der Waals surface area (Å²) < 4.78 is 15.1. The van der Waals surface area contributed by atoms with E-state index in [1.807, 2.05) is 0 Å². The topological polar surface area (TPSA) is 131 Å². The van der Waals surface area contributed by atoms with Crippen LogP contribution in [0.15, 0.2) is 25.3 Å². The molecule has 0 aromatic heterocycles. The molecule has 0 aliphatic heterocycles. The summed E-state index contributed by atoms with van der Waals surface area (Å²) in [6, 6.07) is -0.948. The summed E-state index contributed by atoms with van der Waals surface area (Å²) in [5, 5.41) is 0. The molecule has 0 fully saturated rings. The molecule has 0 radical (unpaired) electrons. The summed E-state index contributed by atoms with van der Waals surface area (Å²) >= 11 is 0. The third-order valence-electron chi connectivity index (χ3n) is 3.20. The van der Waals surface area contributed by atoms with Crippen LogP contribution in [0.3, 0.4) is 0 Å². The maximum Gasteiger partial charge on any atom is 0.330 e. The number of hydrogen-bond donors (Lipinski definition) is 2. The van der Waals surface area contributed by atoms with Gasteiger partial charge in [0.1, 0.15) is 25.9 Å². The Labute approximate surface area is 135 Å². The van der Waals surface area contributed by atoms with Gasteiger partial charge in [-0.15, -0.1) is 0 Å². The zero-order valence-corrected chi connectivity index (χ0v) is 13.3. The van der Waals surface area contributed by atoms with Gasteiger partial charge in [0.25, 0.3) is 0 Å². The Morgan fingerprint density at radius 3 is 1.83 bits per heavy atom. The van der Waals surface area contributed by atoms with Crippen molar-refractivity contribution in [1.29, 1.82) is 0 Å². The van der Waals surface area contributed by atoms with Gasteiger partial charge in [0.15, 0.2) is 0 Å². The largest absolute Gasteiger partial charge is 0.464 e. The van der Waals surface area contributed by atoms with Crippen LogP contribution in [-0.4, -0.2) is 50.3 Å². The molecule has 0 saturated heterocycles. The van der Waals surface area contributed by atoms with Crippen LogP contribution in [0, 0.1) is 5.41 Å². The number of rotatable bonds is 11. The van der Waals surface area contributed by atoms with E-state index >= 15 is 0 Å². The second kappa shape index (κ2) is 10.5. The first kappa shape index (κ1) is 20.8. The van der Waals surface area contributed by atoms with Gasteiger partial charge in [0.05, 0.1) is 5.41 Å². The summed E-state index contributed by atoms with van der Waals surface area (Å²) in [7, 11) is 0. The second-order valence-corrected chi connectivity index (χ2v) is 4.93. The van der Waals surface area contributed by atoms with Crippen molar-refractivity contribution < 1.29 is 28.6 Å². The van der Waals surface area contributed by atoms with Crippen molar-refractivity contribution in [3.8, 4) is 0 Å². The Morgan fingerprint density at radius 2 is 1.48 bits per heavy atom. The minimum atomic E-state index is -0.948. The number of carbonyl (C=O) groups excluding carboxylic acids is 3. The fourth-order valence-electron chi connectivity index (χ4n) is 1.42. The summed E-state index contributed by atoms with van der Waals surface area (Å²) in [6.07, 6.45) is 2.42. The van der Waals surface area contributed by atoms with E-state index in [1.165, 1.54) is 0 Å². The molecule has 0 aromatic rings. The van der Waals surface area contributed by atoms with E-state index in [2.05, 4.69) is 13.2 Å². The van der Waals surface area contributed by atoms with E-state index in [4.69, 9.17) is 25.7 Å². The highest BCUT2D eigenvalue weighted by atomic mass is 16.6. The molecule has 0 amide bonds. The number of hydrogen-bond acceptors (Lipinski definition) is 8. The summed E-state index contributed by atoms with van der Waals surface area (Å²) in [4.78, 5) is 34.2. The van der Waals surface area contributed by atoms with Gasteiger partial charge in [-0.1, -0.05) is 20.1 Å². The van der Waals surface area contributed by atoms with Crippen molar-refractivity contribution in [2.75, 3.05) is 26.4 Å². The normalized spacial score (nSPS) is 12.0. The lowest BCUT2D eigenvalue weighted by Crippen LogP contribution is -2.43. The van der Waals surface area contributed by atoms with Gasteiger partial charge in [-0.25, -0.2) is 9.59 Å². The molecular weight excluding hydrogens is 304 g/mol. The smallest absolute Gasteiger partial charge is 0.330 e. The number of ether oxygens (including phenoxy) is 3. The van der Waals surface area contributed by atoms with Crippen molar-refractivity contribution in [2.45, 2.75) is 19.4 Å². The first-order chi connectivity index (χ1) is 10.8. The molecule has 8 nitrogen and oxygen atoms in total. The first-order valence-corrected chi connectivity index (χ1v) is 7.04. The fraction of sp³-hybridized carbons (Fsp3) is 0.533. The molecule has 0 spiro atoms. The van der Waals surface area contributed by atoms with Gasteiger partial charge in [-0.2, -0.15) is 0 Å². The number of nitrogens with two attached hydrogens (primary N) is 2. The Kier molecular flexibility index (Phi) is 9.52. The Balaban J connectivity index is 4.95. The maximum atomic E-state index is 11.7. The molecule has 0 saturated carbocycles. The van der Waals surface area contributed by atoms with Crippen molar-refractivity contribution in [3.05, 3.63) is 25.3 Å². The molecule has 0 aliphatic carbocycles. The van der Waals surface area contributed by atoms with Crippen LogP contribution < -0.4 is 11.5 Å². The van der Waals surface area contributed by atoms with E-state index in [0.29, 0.717) is 6.42 Å². The average molecular weight is 328 g/mol. The Morgan fingerprint density at radius 1 is 1.04 bits per heavy atom. The van der Waals surface area contributed by atoms with Gasteiger partial charge in [0, 0.05) is 18.7 Å². The van der Waals surface area contributed by atoms with Crippen LogP contribution in [0.5, 0.6) is 0 Å². The van der Waals surface area contributed by atoms with Gasteiger partial charge >= 0.3 is 17.9 Å². The Hall–Kier alpha value is -2.19. The third kappa shape index (κ3) is 7.57. The minimum Gasteiger partial charge on any atom is -0.464 e. The monoisotopic (exact) mass is 328 g/mol. The quantitative estimate of drug-likeness (QED) is 0.299. The maximum absolute atomic E-state index is 11.7. The van der Waals surface area contributed by atoms with Crippen LogP contribution in [0.2, 0.25) is 0 Å². The van der Waals surface area contributed by atoms with Crippen LogP contribution in [0.4, 0.5) is 0 Å². The highest BCUT2D eigenvalue weighted by Gasteiger charge is 2.34. The molecule has 0 bridgehead atoms. The van der Waals surface area contributed by atoms with Crippen LogP contribution >= 0.6 is 0 Å². The van der Waals surface area contributed by atoms with Crippen molar-refractivity contribution in [2.24, 2.45) is 16.9 Å². The van der Waals surface area contributed by atoms with E-state index in [-0.39, 0.29) is 26.4 Å². The van der Waals surface area contributed by atoms with E-state index in [0.717, 1.165) is 12.2 Å². The molecule has 0 rings (SSSR count). The molecule has 0 aliphatic rings. The van der Waals surface area contributed by atoms with Gasteiger partial charge in [-0.3, -0.25) is 4.79 Å². The van der Waals surface area contributed by atoms with Gasteiger partial charge in [0.2, 0.25) is 0 Å². The van der Waals surface area contributed by atoms with Crippen molar-refractivity contribution >= 4 is 17.9 Å². The van der Waals surface area contributed by atoms with E-state index in [9.17, 15) is 14.4 Å². The SMILES string of the molecule is C=CC(=O)OCC(CC)(COC(=O)C=C)COC(=O)C(N)CN. The van der Waals surface area contributed by atoms with Crippen LogP contribution in [-0.2, 0) is 28.6 Å². The van der Waals surface area contributed by atoms with E-state index < -0.39 is 29.4 Å². The summed E-state index contributed by atoms with van der Waals surface area (Å²) in [6.45, 7) is 7.92. The summed E-state index contributed by atoms with van der Waals surface area (Å²) in [5.41, 5.74) is 9.87. The number of esters is 3. The molecule has 23 heavy (non-hydrogen) atoms. The highest BCUT2D eigenvalue weighted by molar-refractivity contribution is 5.81. The minimum absolute atomic E-state index is 0.0607. The van der Waals surface area contributed by atoms with Gasteiger partial charge in [-0.05, 0) is 6.42 Å². The van der Waals surface area contributed by atoms with Crippen molar-refractivity contribution in [3.63, 3.8) is 0 Å². The lowest BCUT2D eigenvalue weighted by molar-refractivity contribution is -0.159. The second-order valence-electron chi connectivity index (χ2n) is 4.93. The molecule has 1 unspecified atom stereocenters. The number of carbonyl (C=O) groups is 3. The van der Waals surface area contributed by atoms with Crippen LogP contribution in [0.1, 0.15) is 13.3 Å². The standard InChI is InChI=1S/C15H24N2O6/c1-4-12(18)21-8-15(6-3,9-22-13(19)5-2)10-23-14(20)11(17)7-16/h4-5,11H,1-2,6-10,16-17H2,3H3. The third-order valence-corrected chi connectivity index (χ3v) is 3.20. The zero-order chi connectivity index (χ0) is 17.9. The lowest BCUT2D eigenvalue weighted by Gasteiger charge is -2.31. The van der Waals surface area contributed by atoms with Crippen LogP contribution in [0.25, 0.3) is 0 Å². The lowest BCUT2D eigenvalue weighted by atomic mass is 9.88. The molecular formula is C15H24N2O6. The molecule has 8 heteroatoms. The fourth-order valence-corrected chi connectivity index (χ4v) is 1.42. The first-order valence-electron chi connectivity index (χ1n) is 7.04. The highest BCUT2D eigenvalue weighted by Crippen LogP contribution is 2.24. The molecule has 1 atom stereocenters. The molecule has 4 N–H and O–H groups in total. The Bertz CT molecular complexity index is 425. The van der Waals surface area contributed by atoms with Gasteiger partial charge < -0.3 is 25.7 Å². The predicted octanol–water partition coefficient (Wildman–Crippen LogP) is -0.330. The average Bonchev–Trinajstić information content (AvgIpc) is 2.59. The summed E-state index contributed by atoms with van der Waals surface area (Å²) in [5.74, 6) is -1.96. The molecule has 0 aromatic carbocycles. The molecule has 0 heterocycles. The van der Waals surface area contributed by atoms with Crippen molar-refractivity contribution in [1.82, 2.24) is 0 Å². The van der Waals surface area contributed by atoms with E-state index in [1.54, 1.807) is 6.92 Å². The molecule has 130 valence electrons.